The minimum absolute atomic E-state index is 0. The zero-order valence-electron chi connectivity index (χ0n) is 10.6. The largest absolute Gasteiger partial charge is 0.360 e. The van der Waals surface area contributed by atoms with Crippen LogP contribution in [0.25, 0.3) is 0 Å². The molecular formula is C10H18ClN3O3S. The standard InChI is InChI=1S/C10H17N3O3S.ClH/c1-7-6-11-4-5-13(7)17(14,15)10-8(2)12-16-9(10)3;/h7,11H,4-6H2,1-3H3;1H. The van der Waals surface area contributed by atoms with Crippen molar-refractivity contribution in [2.45, 2.75) is 31.7 Å². The number of hydrogen-bond acceptors (Lipinski definition) is 5. The summed E-state index contributed by atoms with van der Waals surface area (Å²) >= 11 is 0. The number of nitrogens with one attached hydrogen (secondary N) is 1. The van der Waals surface area contributed by atoms with Gasteiger partial charge in [-0.1, -0.05) is 5.16 Å². The number of rotatable bonds is 2. The molecule has 1 N–H and O–H groups in total. The van der Waals surface area contributed by atoms with E-state index in [1.165, 1.54) is 4.31 Å². The number of halogens is 1. The maximum absolute atomic E-state index is 12.5. The summed E-state index contributed by atoms with van der Waals surface area (Å²) < 4.78 is 31.4. The van der Waals surface area contributed by atoms with Gasteiger partial charge in [-0.05, 0) is 20.8 Å². The summed E-state index contributed by atoms with van der Waals surface area (Å²) in [5, 5.41) is 6.87. The molecule has 1 aliphatic rings. The normalized spacial score (nSPS) is 21.6. The first-order chi connectivity index (χ1) is 7.94. The molecule has 104 valence electrons. The Bertz CT molecular complexity index is 495. The second-order valence-electron chi connectivity index (χ2n) is 4.32. The van der Waals surface area contributed by atoms with Crippen molar-refractivity contribution < 1.29 is 12.9 Å². The van der Waals surface area contributed by atoms with E-state index in [0.29, 0.717) is 31.1 Å². The molecule has 1 unspecified atom stereocenters. The van der Waals surface area contributed by atoms with Crippen LogP contribution in [-0.4, -0.2) is 43.6 Å². The van der Waals surface area contributed by atoms with E-state index in [4.69, 9.17) is 4.52 Å². The maximum Gasteiger partial charge on any atom is 0.248 e. The molecule has 0 saturated carbocycles. The Hall–Kier alpha value is -0.630. The van der Waals surface area contributed by atoms with Crippen LogP contribution in [0.2, 0.25) is 0 Å². The third kappa shape index (κ3) is 2.54. The van der Waals surface area contributed by atoms with Crippen LogP contribution in [0.3, 0.4) is 0 Å². The lowest BCUT2D eigenvalue weighted by Gasteiger charge is -2.32. The molecule has 8 heteroatoms. The first-order valence-electron chi connectivity index (χ1n) is 5.60. The number of hydrogen-bond donors (Lipinski definition) is 1. The minimum atomic E-state index is -3.49. The van der Waals surface area contributed by atoms with E-state index in [1.54, 1.807) is 13.8 Å². The summed E-state index contributed by atoms with van der Waals surface area (Å²) in [6.07, 6.45) is 0. The van der Waals surface area contributed by atoms with Crippen LogP contribution >= 0.6 is 12.4 Å². The summed E-state index contributed by atoms with van der Waals surface area (Å²) in [6, 6.07) is -0.0533. The zero-order chi connectivity index (χ0) is 12.6. The Morgan fingerprint density at radius 1 is 1.44 bits per heavy atom. The van der Waals surface area contributed by atoms with E-state index in [-0.39, 0.29) is 23.3 Å². The molecule has 1 atom stereocenters. The summed E-state index contributed by atoms with van der Waals surface area (Å²) in [5.41, 5.74) is 0.424. The highest BCUT2D eigenvalue weighted by molar-refractivity contribution is 7.89. The Morgan fingerprint density at radius 3 is 2.61 bits per heavy atom. The summed E-state index contributed by atoms with van der Waals surface area (Å²) in [4.78, 5) is 0.214. The lowest BCUT2D eigenvalue weighted by Crippen LogP contribution is -2.52. The van der Waals surface area contributed by atoms with Crippen LogP contribution in [0, 0.1) is 13.8 Å². The first-order valence-corrected chi connectivity index (χ1v) is 7.04. The molecule has 2 heterocycles. The van der Waals surface area contributed by atoms with Crippen LogP contribution in [0.1, 0.15) is 18.4 Å². The molecule has 18 heavy (non-hydrogen) atoms. The molecule has 1 aliphatic heterocycles. The SMILES string of the molecule is Cc1noc(C)c1S(=O)(=O)N1CCNCC1C.Cl. The van der Waals surface area contributed by atoms with Gasteiger partial charge in [0.25, 0.3) is 0 Å². The van der Waals surface area contributed by atoms with Gasteiger partial charge in [-0.3, -0.25) is 0 Å². The molecule has 6 nitrogen and oxygen atoms in total. The van der Waals surface area contributed by atoms with Gasteiger partial charge >= 0.3 is 0 Å². The quantitative estimate of drug-likeness (QED) is 0.869. The molecule has 0 aromatic carbocycles. The highest BCUT2D eigenvalue weighted by atomic mass is 35.5. The molecule has 0 amide bonds. The van der Waals surface area contributed by atoms with Gasteiger partial charge in [0.2, 0.25) is 10.0 Å². The highest BCUT2D eigenvalue weighted by Crippen LogP contribution is 2.25. The Labute approximate surface area is 113 Å². The van der Waals surface area contributed by atoms with E-state index in [1.807, 2.05) is 6.92 Å². The molecule has 1 fully saturated rings. The average molecular weight is 296 g/mol. The molecule has 0 aliphatic carbocycles. The Kier molecular flexibility index (Phi) is 4.77. The molecule has 1 aromatic rings. The molecule has 2 rings (SSSR count). The van der Waals surface area contributed by atoms with Crippen LogP contribution in [0.5, 0.6) is 0 Å². The average Bonchev–Trinajstić information content (AvgIpc) is 2.59. The van der Waals surface area contributed by atoms with Gasteiger partial charge in [-0.15, -0.1) is 12.4 Å². The fourth-order valence-electron chi connectivity index (χ4n) is 2.14. The van der Waals surface area contributed by atoms with Crippen molar-refractivity contribution in [2.24, 2.45) is 0 Å². The molecule has 0 bridgehead atoms. The van der Waals surface area contributed by atoms with Crippen LogP contribution < -0.4 is 5.32 Å². The predicted octanol–water partition coefficient (Wildman–Crippen LogP) is 0.696. The van der Waals surface area contributed by atoms with Gasteiger partial charge in [-0.2, -0.15) is 4.31 Å². The van der Waals surface area contributed by atoms with Gasteiger partial charge in [0.05, 0.1) is 0 Å². The molecule has 0 radical (unpaired) electrons. The Balaban J connectivity index is 0.00000162. The van der Waals surface area contributed by atoms with Gasteiger partial charge in [0.15, 0.2) is 5.76 Å². The van der Waals surface area contributed by atoms with Gasteiger partial charge < -0.3 is 9.84 Å². The van der Waals surface area contributed by atoms with Crippen LogP contribution in [-0.2, 0) is 10.0 Å². The number of piperazine rings is 1. The Morgan fingerprint density at radius 2 is 2.11 bits per heavy atom. The number of nitrogens with zero attached hydrogens (tertiary/aromatic N) is 2. The van der Waals surface area contributed by atoms with Crippen molar-refractivity contribution in [1.82, 2.24) is 14.8 Å². The number of aromatic nitrogens is 1. The highest BCUT2D eigenvalue weighted by Gasteiger charge is 2.35. The van der Waals surface area contributed by atoms with E-state index >= 15 is 0 Å². The number of sulfonamides is 1. The van der Waals surface area contributed by atoms with E-state index in [0.717, 1.165) is 0 Å². The fourth-order valence-corrected chi connectivity index (χ4v) is 4.07. The van der Waals surface area contributed by atoms with Gasteiger partial charge in [-0.25, -0.2) is 8.42 Å². The van der Waals surface area contributed by atoms with Crippen molar-refractivity contribution in [3.63, 3.8) is 0 Å². The molecule has 1 saturated heterocycles. The molecule has 0 spiro atoms. The van der Waals surface area contributed by atoms with Crippen molar-refractivity contribution in [3.05, 3.63) is 11.5 Å². The first kappa shape index (κ1) is 15.4. The van der Waals surface area contributed by atoms with Crippen LogP contribution in [0.15, 0.2) is 9.42 Å². The monoisotopic (exact) mass is 295 g/mol. The van der Waals surface area contributed by atoms with Crippen molar-refractivity contribution in [3.8, 4) is 0 Å². The molecular weight excluding hydrogens is 278 g/mol. The van der Waals surface area contributed by atoms with Gasteiger partial charge in [0.1, 0.15) is 10.6 Å². The summed E-state index contributed by atoms with van der Waals surface area (Å²) in [5.74, 6) is 0.355. The van der Waals surface area contributed by atoms with Crippen molar-refractivity contribution >= 4 is 22.4 Å². The van der Waals surface area contributed by atoms with Crippen molar-refractivity contribution in [1.29, 1.82) is 0 Å². The lowest BCUT2D eigenvalue weighted by atomic mass is 10.3. The smallest absolute Gasteiger partial charge is 0.248 e. The second kappa shape index (κ2) is 5.56. The third-order valence-electron chi connectivity index (χ3n) is 2.97. The van der Waals surface area contributed by atoms with Crippen LogP contribution in [0.4, 0.5) is 0 Å². The topological polar surface area (TPSA) is 75.4 Å². The molecule has 1 aromatic heterocycles. The third-order valence-corrected chi connectivity index (χ3v) is 5.23. The number of aryl methyl sites for hydroxylation is 2. The van der Waals surface area contributed by atoms with E-state index in [2.05, 4.69) is 10.5 Å². The second-order valence-corrected chi connectivity index (χ2v) is 6.15. The van der Waals surface area contributed by atoms with E-state index in [9.17, 15) is 8.42 Å². The zero-order valence-corrected chi connectivity index (χ0v) is 12.3. The van der Waals surface area contributed by atoms with Gasteiger partial charge in [0, 0.05) is 25.7 Å². The van der Waals surface area contributed by atoms with E-state index < -0.39 is 10.0 Å². The minimum Gasteiger partial charge on any atom is -0.360 e. The van der Waals surface area contributed by atoms with Crippen molar-refractivity contribution in [2.75, 3.05) is 19.6 Å². The predicted molar refractivity (Wildman–Crippen MR) is 69.4 cm³/mol. The summed E-state index contributed by atoms with van der Waals surface area (Å²) in [6.45, 7) is 6.99. The fraction of sp³-hybridized carbons (Fsp3) is 0.700. The lowest BCUT2D eigenvalue weighted by molar-refractivity contribution is 0.283. The summed E-state index contributed by atoms with van der Waals surface area (Å²) in [7, 11) is -3.49. The maximum atomic E-state index is 12.5.